The number of carbonyl (C=O) groups is 2. The van der Waals surface area contributed by atoms with Crippen LogP contribution in [0.4, 0.5) is 13.2 Å². The summed E-state index contributed by atoms with van der Waals surface area (Å²) in [6, 6.07) is 9.84. The fraction of sp³-hybridized carbons (Fsp3) is 0.0526. The van der Waals surface area contributed by atoms with E-state index < -0.39 is 23.9 Å². The third-order valence-corrected chi connectivity index (χ3v) is 3.94. The van der Waals surface area contributed by atoms with Crippen LogP contribution in [0.5, 0.6) is 5.75 Å². The van der Waals surface area contributed by atoms with Gasteiger partial charge in [0.2, 0.25) is 0 Å². The Balaban J connectivity index is 1.86. The van der Waals surface area contributed by atoms with E-state index in [1.807, 2.05) is 0 Å². The second-order valence-corrected chi connectivity index (χ2v) is 6.25. The summed E-state index contributed by atoms with van der Waals surface area (Å²) in [6.07, 6.45) is 0.119. The van der Waals surface area contributed by atoms with E-state index in [1.165, 1.54) is 30.4 Å². The molecule has 2 aromatic carbocycles. The summed E-state index contributed by atoms with van der Waals surface area (Å²) in [4.78, 5) is 23.4. The Morgan fingerprint density at radius 1 is 0.862 bits per heavy atom. The smallest absolute Gasteiger partial charge is 0.406 e. The molecule has 5 nitrogen and oxygen atoms in total. The number of hydrogen-bond acceptors (Lipinski definition) is 3. The number of amides is 2. The molecule has 0 saturated carbocycles. The van der Waals surface area contributed by atoms with Crippen LogP contribution in [0.25, 0.3) is 12.2 Å². The van der Waals surface area contributed by atoms with Gasteiger partial charge in [0, 0.05) is 12.2 Å². The third-order valence-electron chi connectivity index (χ3n) is 3.20. The van der Waals surface area contributed by atoms with Gasteiger partial charge in [-0.15, -0.1) is 13.2 Å². The summed E-state index contributed by atoms with van der Waals surface area (Å²) < 4.78 is 40.4. The van der Waals surface area contributed by atoms with Crippen LogP contribution in [-0.2, 0) is 9.59 Å². The molecule has 2 amide bonds. The molecule has 29 heavy (non-hydrogen) atoms. The van der Waals surface area contributed by atoms with Gasteiger partial charge in [0.05, 0.1) is 10.0 Å². The largest absolute Gasteiger partial charge is 0.573 e. The van der Waals surface area contributed by atoms with E-state index in [4.69, 9.17) is 23.2 Å². The molecule has 0 heterocycles. The minimum atomic E-state index is -4.81. The highest BCUT2D eigenvalue weighted by Gasteiger charge is 2.31. The lowest BCUT2D eigenvalue weighted by molar-refractivity contribution is -0.274. The maximum atomic E-state index is 12.2. The Kier molecular flexibility index (Phi) is 7.69. The molecule has 10 heteroatoms. The van der Waals surface area contributed by atoms with Gasteiger partial charge in [-0.25, -0.2) is 0 Å². The van der Waals surface area contributed by atoms with Crippen molar-refractivity contribution in [2.75, 3.05) is 0 Å². The van der Waals surface area contributed by atoms with Crippen LogP contribution in [-0.4, -0.2) is 18.2 Å². The minimum absolute atomic E-state index is 0.299. The highest BCUT2D eigenvalue weighted by Crippen LogP contribution is 2.24. The molecule has 0 atom stereocenters. The van der Waals surface area contributed by atoms with Crippen LogP contribution in [0.1, 0.15) is 11.1 Å². The Hall–Kier alpha value is -2.97. The van der Waals surface area contributed by atoms with Crippen molar-refractivity contribution < 1.29 is 27.5 Å². The minimum Gasteiger partial charge on any atom is -0.406 e. The maximum absolute atomic E-state index is 12.2. The van der Waals surface area contributed by atoms with Gasteiger partial charge in [-0.05, 0) is 47.5 Å². The summed E-state index contributed by atoms with van der Waals surface area (Å²) in [5.41, 5.74) is 5.20. The zero-order chi connectivity index (χ0) is 21.4. The van der Waals surface area contributed by atoms with E-state index in [1.54, 1.807) is 18.2 Å². The first-order chi connectivity index (χ1) is 13.6. The second kappa shape index (κ2) is 9.99. The summed E-state index contributed by atoms with van der Waals surface area (Å²) >= 11 is 11.7. The molecule has 2 aromatic rings. The second-order valence-electron chi connectivity index (χ2n) is 5.44. The molecule has 2 rings (SSSR count). The predicted octanol–water partition coefficient (Wildman–Crippen LogP) is 4.77. The Labute approximate surface area is 173 Å². The van der Waals surface area contributed by atoms with Crippen LogP contribution < -0.4 is 15.6 Å². The number of rotatable bonds is 5. The normalized spacial score (nSPS) is 11.6. The van der Waals surface area contributed by atoms with Crippen molar-refractivity contribution in [1.29, 1.82) is 0 Å². The highest BCUT2D eigenvalue weighted by molar-refractivity contribution is 6.42. The number of nitrogens with one attached hydrogen (secondary N) is 2. The van der Waals surface area contributed by atoms with E-state index in [0.717, 1.165) is 18.2 Å². The van der Waals surface area contributed by atoms with Gasteiger partial charge in [-0.2, -0.15) is 0 Å². The SMILES string of the molecule is O=C(/C=C/c1cccc(OC(F)(F)F)c1)NNC(=O)/C=C/c1ccc(Cl)c(Cl)c1. The van der Waals surface area contributed by atoms with Crippen LogP contribution in [0, 0.1) is 0 Å². The Bertz CT molecular complexity index is 960. The number of ether oxygens (including phenoxy) is 1. The Morgan fingerprint density at radius 2 is 1.45 bits per heavy atom. The lowest BCUT2D eigenvalue weighted by atomic mass is 10.2. The first kappa shape index (κ1) is 22.3. The standard InChI is InChI=1S/C19H13Cl2F3N2O3/c20-15-7-4-13(11-16(15)21)6-9-18(28)26-25-17(27)8-5-12-2-1-3-14(10-12)29-19(22,23)24/h1-11H,(H,25,27)(H,26,28)/b8-5+,9-6+. The molecule has 0 spiro atoms. The number of hydrogen-bond donors (Lipinski definition) is 2. The number of alkyl halides is 3. The van der Waals surface area contributed by atoms with Gasteiger partial charge in [0.15, 0.2) is 0 Å². The molecule has 0 fully saturated rings. The fourth-order valence-electron chi connectivity index (χ4n) is 1.98. The van der Waals surface area contributed by atoms with Crippen molar-refractivity contribution in [3.63, 3.8) is 0 Å². The summed E-state index contributed by atoms with van der Waals surface area (Å²) in [7, 11) is 0. The monoisotopic (exact) mass is 444 g/mol. The quantitative estimate of drug-likeness (QED) is 0.515. The van der Waals surface area contributed by atoms with Crippen LogP contribution in [0.3, 0.4) is 0 Å². The Morgan fingerprint density at radius 3 is 2.00 bits per heavy atom. The maximum Gasteiger partial charge on any atom is 0.573 e. The molecule has 0 aromatic heterocycles. The van der Waals surface area contributed by atoms with E-state index >= 15 is 0 Å². The van der Waals surface area contributed by atoms with Gasteiger partial charge in [-0.3, -0.25) is 20.4 Å². The van der Waals surface area contributed by atoms with Crippen LogP contribution >= 0.6 is 23.2 Å². The van der Waals surface area contributed by atoms with Crippen molar-refractivity contribution in [2.45, 2.75) is 6.36 Å². The van der Waals surface area contributed by atoms with Gasteiger partial charge in [0.25, 0.3) is 11.8 Å². The van der Waals surface area contributed by atoms with E-state index in [-0.39, 0.29) is 0 Å². The number of hydrazine groups is 1. The van der Waals surface area contributed by atoms with E-state index in [0.29, 0.717) is 21.2 Å². The van der Waals surface area contributed by atoms with Gasteiger partial charge >= 0.3 is 6.36 Å². The molecule has 0 radical (unpaired) electrons. The molecule has 0 aliphatic heterocycles. The van der Waals surface area contributed by atoms with Crippen molar-refractivity contribution in [3.8, 4) is 5.75 Å². The van der Waals surface area contributed by atoms with Crippen molar-refractivity contribution in [3.05, 3.63) is 75.8 Å². The van der Waals surface area contributed by atoms with Gasteiger partial charge < -0.3 is 4.74 Å². The lowest BCUT2D eigenvalue weighted by Gasteiger charge is -2.08. The average molecular weight is 445 g/mol. The lowest BCUT2D eigenvalue weighted by Crippen LogP contribution is -2.39. The van der Waals surface area contributed by atoms with Crippen molar-refractivity contribution in [1.82, 2.24) is 10.9 Å². The number of halogens is 5. The first-order valence-corrected chi connectivity index (χ1v) is 8.65. The molecule has 152 valence electrons. The molecule has 0 unspecified atom stereocenters. The molecular weight excluding hydrogens is 432 g/mol. The van der Waals surface area contributed by atoms with E-state index in [2.05, 4.69) is 15.6 Å². The van der Waals surface area contributed by atoms with Crippen LogP contribution in [0.15, 0.2) is 54.6 Å². The zero-order valence-electron chi connectivity index (χ0n) is 14.5. The third kappa shape index (κ3) is 8.28. The topological polar surface area (TPSA) is 67.4 Å². The van der Waals surface area contributed by atoms with Crippen molar-refractivity contribution >= 4 is 47.2 Å². The molecular formula is C19H13Cl2F3N2O3. The van der Waals surface area contributed by atoms with Crippen LogP contribution in [0.2, 0.25) is 10.0 Å². The number of carbonyl (C=O) groups excluding carboxylic acids is 2. The number of benzene rings is 2. The molecule has 0 saturated heterocycles. The summed E-state index contributed by atoms with van der Waals surface area (Å²) in [5, 5.41) is 0.709. The highest BCUT2D eigenvalue weighted by atomic mass is 35.5. The van der Waals surface area contributed by atoms with Gasteiger partial charge in [-0.1, -0.05) is 41.4 Å². The molecule has 2 N–H and O–H groups in total. The summed E-state index contributed by atoms with van der Waals surface area (Å²) in [5.74, 6) is -1.72. The summed E-state index contributed by atoms with van der Waals surface area (Å²) in [6.45, 7) is 0. The van der Waals surface area contributed by atoms with Gasteiger partial charge in [0.1, 0.15) is 5.75 Å². The van der Waals surface area contributed by atoms with Crippen molar-refractivity contribution in [2.24, 2.45) is 0 Å². The zero-order valence-corrected chi connectivity index (χ0v) is 16.0. The fourth-order valence-corrected chi connectivity index (χ4v) is 2.29. The first-order valence-electron chi connectivity index (χ1n) is 7.89. The average Bonchev–Trinajstić information content (AvgIpc) is 2.64. The molecule has 0 bridgehead atoms. The van der Waals surface area contributed by atoms with E-state index in [9.17, 15) is 22.8 Å². The predicted molar refractivity (Wildman–Crippen MR) is 104 cm³/mol. The molecule has 0 aliphatic carbocycles. The molecule has 0 aliphatic rings.